The van der Waals surface area contributed by atoms with Crippen LogP contribution in [0.5, 0.6) is 0 Å². The third-order valence-corrected chi connectivity index (χ3v) is 12.3. The van der Waals surface area contributed by atoms with E-state index < -0.39 is 35.6 Å². The predicted molar refractivity (Wildman–Crippen MR) is 207 cm³/mol. The van der Waals surface area contributed by atoms with Gasteiger partial charge in [0.05, 0.1) is 28.9 Å². The SMILES string of the molecule is Cc1cc(Nc2nc(N3CCC[C@@H](NC(=O)C4CCN(CC5CCN(c6ccc7c(c6)C(=O)N(C6CCC(=O)NC6=O)C7=O)CC5)C4)C3)cnc2C(N)=O)sn1. The Labute approximate surface area is 327 Å². The van der Waals surface area contributed by atoms with Crippen molar-refractivity contribution in [1.82, 2.24) is 34.8 Å². The number of hydrogen-bond donors (Lipinski definition) is 4. The van der Waals surface area contributed by atoms with E-state index in [1.165, 1.54) is 11.5 Å². The van der Waals surface area contributed by atoms with Gasteiger partial charge in [0, 0.05) is 57.4 Å². The van der Waals surface area contributed by atoms with Gasteiger partial charge in [0.15, 0.2) is 11.5 Å². The van der Waals surface area contributed by atoms with Crippen LogP contribution in [0.25, 0.3) is 0 Å². The van der Waals surface area contributed by atoms with Gasteiger partial charge >= 0.3 is 0 Å². The zero-order valence-electron chi connectivity index (χ0n) is 31.2. The number of benzene rings is 1. The van der Waals surface area contributed by atoms with Gasteiger partial charge in [-0.05, 0) is 93.7 Å². The van der Waals surface area contributed by atoms with Gasteiger partial charge in [-0.3, -0.25) is 39.0 Å². The molecule has 3 aromatic rings. The number of nitrogens with zero attached hydrogens (tertiary/aromatic N) is 7. The second-order valence-electron chi connectivity index (χ2n) is 15.4. The van der Waals surface area contributed by atoms with Gasteiger partial charge in [-0.25, -0.2) is 9.97 Å². The monoisotopic (exact) mass is 783 g/mol. The van der Waals surface area contributed by atoms with Crippen molar-refractivity contribution in [1.29, 1.82) is 0 Å². The molecule has 2 unspecified atom stereocenters. The van der Waals surface area contributed by atoms with E-state index >= 15 is 0 Å². The summed E-state index contributed by atoms with van der Waals surface area (Å²) in [7, 11) is 0. The molecule has 3 atom stereocenters. The smallest absolute Gasteiger partial charge is 0.271 e. The molecule has 2 aromatic heterocycles. The molecule has 5 aliphatic rings. The molecule has 0 radical (unpaired) electrons. The summed E-state index contributed by atoms with van der Waals surface area (Å²) in [5.74, 6) is -1.35. The van der Waals surface area contributed by atoms with Crippen molar-refractivity contribution in [2.24, 2.45) is 17.6 Å². The lowest BCUT2D eigenvalue weighted by molar-refractivity contribution is -0.136. The van der Waals surface area contributed by atoms with E-state index in [-0.39, 0.29) is 47.8 Å². The number of carbonyl (C=O) groups excluding carboxylic acids is 6. The summed E-state index contributed by atoms with van der Waals surface area (Å²) in [4.78, 5) is 92.8. The molecule has 4 saturated heterocycles. The van der Waals surface area contributed by atoms with Crippen molar-refractivity contribution in [3.05, 3.63) is 53.0 Å². The molecule has 1 aromatic carbocycles. The van der Waals surface area contributed by atoms with Crippen molar-refractivity contribution in [2.75, 3.05) is 60.9 Å². The number of carbonyl (C=O) groups is 6. The normalized spacial score (nSPS) is 23.4. The fourth-order valence-corrected chi connectivity index (χ4v) is 9.23. The van der Waals surface area contributed by atoms with E-state index in [9.17, 15) is 28.8 Å². The zero-order valence-corrected chi connectivity index (χ0v) is 32.0. The minimum Gasteiger partial charge on any atom is -0.371 e. The minimum atomic E-state index is -0.986. The van der Waals surface area contributed by atoms with Gasteiger partial charge < -0.3 is 31.1 Å². The molecule has 5 N–H and O–H groups in total. The predicted octanol–water partition coefficient (Wildman–Crippen LogP) is 1.81. The highest BCUT2D eigenvalue weighted by atomic mass is 32.1. The first-order valence-corrected chi connectivity index (χ1v) is 20.0. The molecular formula is C38H45N11O6S. The van der Waals surface area contributed by atoms with Gasteiger partial charge in [-0.2, -0.15) is 4.37 Å². The maximum absolute atomic E-state index is 13.5. The van der Waals surface area contributed by atoms with Crippen molar-refractivity contribution in [2.45, 2.75) is 64.0 Å². The van der Waals surface area contributed by atoms with E-state index in [1.807, 2.05) is 19.1 Å². The van der Waals surface area contributed by atoms with E-state index in [0.717, 1.165) is 92.7 Å². The number of aromatic nitrogens is 3. The molecule has 6 amide bonds. The van der Waals surface area contributed by atoms with E-state index in [0.29, 0.717) is 23.8 Å². The lowest BCUT2D eigenvalue weighted by Gasteiger charge is -2.35. The molecule has 18 heteroatoms. The highest BCUT2D eigenvalue weighted by molar-refractivity contribution is 7.10. The molecule has 4 fully saturated rings. The summed E-state index contributed by atoms with van der Waals surface area (Å²) < 4.78 is 4.27. The molecule has 294 valence electrons. The fourth-order valence-electron chi connectivity index (χ4n) is 8.57. The van der Waals surface area contributed by atoms with Crippen LogP contribution in [0, 0.1) is 18.8 Å². The number of amides is 6. The second-order valence-corrected chi connectivity index (χ2v) is 16.2. The van der Waals surface area contributed by atoms with Crippen LogP contribution in [0.3, 0.4) is 0 Å². The average molecular weight is 784 g/mol. The molecule has 7 heterocycles. The number of nitrogens with one attached hydrogen (secondary N) is 3. The maximum Gasteiger partial charge on any atom is 0.271 e. The molecule has 5 aliphatic heterocycles. The molecule has 56 heavy (non-hydrogen) atoms. The molecule has 0 aliphatic carbocycles. The third-order valence-electron chi connectivity index (χ3n) is 11.5. The van der Waals surface area contributed by atoms with Gasteiger partial charge in [0.25, 0.3) is 17.7 Å². The summed E-state index contributed by atoms with van der Waals surface area (Å²) in [6.07, 6.45) is 6.23. The van der Waals surface area contributed by atoms with Gasteiger partial charge in [-0.1, -0.05) is 0 Å². The first-order chi connectivity index (χ1) is 27.0. The summed E-state index contributed by atoms with van der Waals surface area (Å²) in [5, 5.41) is 9.41. The van der Waals surface area contributed by atoms with Crippen LogP contribution in [-0.2, 0) is 14.4 Å². The molecule has 0 spiro atoms. The van der Waals surface area contributed by atoms with Crippen LogP contribution in [0.1, 0.15) is 81.8 Å². The number of piperidine rings is 3. The van der Waals surface area contributed by atoms with Crippen LogP contribution in [0.2, 0.25) is 0 Å². The molecule has 0 bridgehead atoms. The van der Waals surface area contributed by atoms with E-state index in [1.54, 1.807) is 18.3 Å². The van der Waals surface area contributed by atoms with Gasteiger partial charge in [-0.15, -0.1) is 0 Å². The summed E-state index contributed by atoms with van der Waals surface area (Å²) in [5.41, 5.74) is 7.92. The number of hydrogen-bond acceptors (Lipinski definition) is 14. The van der Waals surface area contributed by atoms with Crippen LogP contribution in [-0.4, -0.2) is 117 Å². The maximum atomic E-state index is 13.5. The summed E-state index contributed by atoms with van der Waals surface area (Å²) in [6.45, 7) is 7.33. The molecular weight excluding hydrogens is 739 g/mol. The highest BCUT2D eigenvalue weighted by Gasteiger charge is 2.45. The molecule has 17 nitrogen and oxygen atoms in total. The van der Waals surface area contributed by atoms with Crippen molar-refractivity contribution in [3.63, 3.8) is 0 Å². The van der Waals surface area contributed by atoms with Crippen LogP contribution in [0.15, 0.2) is 30.5 Å². The van der Waals surface area contributed by atoms with Gasteiger partial charge in [0.1, 0.15) is 16.9 Å². The first kappa shape index (κ1) is 37.4. The third kappa shape index (κ3) is 7.67. The van der Waals surface area contributed by atoms with E-state index in [4.69, 9.17) is 10.7 Å². The number of rotatable bonds is 10. The minimum absolute atomic E-state index is 0.0408. The number of likely N-dealkylation sites (tertiary alicyclic amines) is 1. The van der Waals surface area contributed by atoms with Crippen molar-refractivity contribution in [3.8, 4) is 0 Å². The Kier molecular flexibility index (Phi) is 10.4. The number of fused-ring (bicyclic) bond motifs is 1. The number of nitrogens with two attached hydrogens (primary N) is 1. The Bertz CT molecular complexity index is 2080. The lowest BCUT2D eigenvalue weighted by Crippen LogP contribution is -2.54. The Balaban J connectivity index is 0.808. The average Bonchev–Trinajstić information content (AvgIpc) is 3.89. The lowest BCUT2D eigenvalue weighted by atomic mass is 9.95. The Morgan fingerprint density at radius 1 is 0.946 bits per heavy atom. The molecule has 0 saturated carbocycles. The Hall–Kier alpha value is -5.49. The summed E-state index contributed by atoms with van der Waals surface area (Å²) >= 11 is 1.26. The number of anilines is 4. The Morgan fingerprint density at radius 3 is 2.50 bits per heavy atom. The fraction of sp³-hybridized carbons (Fsp3) is 0.500. The summed E-state index contributed by atoms with van der Waals surface area (Å²) in [6, 6.07) is 6.11. The zero-order chi connectivity index (χ0) is 39.1. The number of primary amides is 1. The largest absolute Gasteiger partial charge is 0.371 e. The van der Waals surface area contributed by atoms with Gasteiger partial charge in [0.2, 0.25) is 17.7 Å². The highest BCUT2D eigenvalue weighted by Crippen LogP contribution is 2.33. The topological polar surface area (TPSA) is 216 Å². The number of imide groups is 2. The van der Waals surface area contributed by atoms with Crippen molar-refractivity contribution >= 4 is 69.3 Å². The quantitative estimate of drug-likeness (QED) is 0.216. The number of aryl methyl sites for hydroxylation is 1. The van der Waals surface area contributed by atoms with Crippen molar-refractivity contribution < 1.29 is 28.8 Å². The van der Waals surface area contributed by atoms with Crippen LogP contribution < -0.4 is 31.5 Å². The van der Waals surface area contributed by atoms with E-state index in [2.05, 4.69) is 40.0 Å². The first-order valence-electron chi connectivity index (χ1n) is 19.3. The van der Waals surface area contributed by atoms with Crippen LogP contribution >= 0.6 is 11.5 Å². The molecule has 8 rings (SSSR count). The second kappa shape index (κ2) is 15.6. The standard InChI is InChI=1S/C38H45N11O6S/c1-21-15-31(56-45-21)44-34-32(33(39)51)40-17-29(42-34)48-11-2-3-24(20-48)41-35(52)23-10-12-46(19-23)18-22-8-13-47(14-9-22)25-4-5-26-27(16-25)38(55)49(37(26)54)28-6-7-30(50)43-36(28)53/h4-5,15-17,22-24,28H,2-3,6-14,18-20H2,1H3,(H2,39,51)(H,41,52)(H,42,44)(H,43,50,53)/t23?,24-,28?/m1/s1. The Morgan fingerprint density at radius 2 is 1.75 bits per heavy atom. The van der Waals surface area contributed by atoms with Crippen LogP contribution in [0.4, 0.5) is 22.3 Å².